The first-order chi connectivity index (χ1) is 14.4. The summed E-state index contributed by atoms with van der Waals surface area (Å²) in [6.07, 6.45) is 1.39. The normalized spacial score (nSPS) is 11.6. The minimum Gasteiger partial charge on any atom is -0.483 e. The van der Waals surface area contributed by atoms with Crippen LogP contribution in [0.25, 0.3) is 0 Å². The molecule has 2 rings (SSSR count). The first-order valence-electron chi connectivity index (χ1n) is 10.7. The lowest BCUT2D eigenvalue weighted by Gasteiger charge is -2.31. The zero-order valence-electron chi connectivity index (χ0n) is 18.8. The zero-order chi connectivity index (χ0) is 22.1. The van der Waals surface area contributed by atoms with E-state index < -0.39 is 6.04 Å². The molecule has 0 radical (unpaired) electrons. The number of carbonyl (C=O) groups excluding carboxylic acids is 2. The van der Waals surface area contributed by atoms with E-state index in [0.717, 1.165) is 28.7 Å². The van der Waals surface area contributed by atoms with E-state index in [1.54, 1.807) is 4.90 Å². The van der Waals surface area contributed by atoms with Crippen molar-refractivity contribution in [3.63, 3.8) is 0 Å². The lowest BCUT2D eigenvalue weighted by molar-refractivity contribution is -0.143. The summed E-state index contributed by atoms with van der Waals surface area (Å²) in [5.41, 5.74) is 4.25. The van der Waals surface area contributed by atoms with Gasteiger partial charge in [0.15, 0.2) is 6.61 Å². The van der Waals surface area contributed by atoms with Crippen molar-refractivity contribution in [2.24, 2.45) is 0 Å². The molecule has 0 saturated carbocycles. The Hall–Kier alpha value is -2.82. The number of hydrogen-bond donors (Lipinski definition) is 1. The molecule has 0 aliphatic carbocycles. The van der Waals surface area contributed by atoms with E-state index >= 15 is 0 Å². The smallest absolute Gasteiger partial charge is 0.261 e. The summed E-state index contributed by atoms with van der Waals surface area (Å²) < 4.78 is 5.86. The van der Waals surface area contributed by atoms with Crippen LogP contribution in [0.15, 0.2) is 42.5 Å². The Morgan fingerprint density at radius 1 is 1.00 bits per heavy atom. The fourth-order valence-corrected chi connectivity index (χ4v) is 3.36. The Kier molecular flexibility index (Phi) is 8.90. The Balaban J connectivity index is 2.24. The van der Waals surface area contributed by atoms with E-state index in [2.05, 4.69) is 5.32 Å². The van der Waals surface area contributed by atoms with Crippen LogP contribution in [0.1, 0.15) is 48.9 Å². The third-order valence-corrected chi connectivity index (χ3v) is 5.44. The molecule has 30 heavy (non-hydrogen) atoms. The maximum Gasteiger partial charge on any atom is 0.261 e. The zero-order valence-corrected chi connectivity index (χ0v) is 18.8. The highest BCUT2D eigenvalue weighted by atomic mass is 16.5. The van der Waals surface area contributed by atoms with Crippen molar-refractivity contribution in [2.75, 3.05) is 13.2 Å². The van der Waals surface area contributed by atoms with Crippen LogP contribution in [0.3, 0.4) is 0 Å². The molecule has 0 aliphatic heterocycles. The van der Waals surface area contributed by atoms with E-state index in [1.807, 2.05) is 77.1 Å². The number of benzene rings is 2. The van der Waals surface area contributed by atoms with Crippen molar-refractivity contribution < 1.29 is 14.3 Å². The van der Waals surface area contributed by atoms with Gasteiger partial charge in [-0.1, -0.05) is 50.2 Å². The van der Waals surface area contributed by atoms with E-state index in [4.69, 9.17) is 4.74 Å². The van der Waals surface area contributed by atoms with Crippen LogP contribution in [-0.2, 0) is 16.1 Å². The van der Waals surface area contributed by atoms with E-state index in [1.165, 1.54) is 0 Å². The van der Waals surface area contributed by atoms with Gasteiger partial charge in [-0.05, 0) is 61.9 Å². The minimum absolute atomic E-state index is 0.103. The van der Waals surface area contributed by atoms with Gasteiger partial charge < -0.3 is 15.0 Å². The Labute approximate surface area is 180 Å². The van der Waals surface area contributed by atoms with Gasteiger partial charge in [-0.15, -0.1) is 0 Å². The average molecular weight is 411 g/mol. The Bertz CT molecular complexity index is 863. The van der Waals surface area contributed by atoms with Crippen LogP contribution in [0.4, 0.5) is 0 Å². The molecule has 0 bridgehead atoms. The van der Waals surface area contributed by atoms with Gasteiger partial charge >= 0.3 is 0 Å². The van der Waals surface area contributed by atoms with Gasteiger partial charge in [-0.25, -0.2) is 0 Å². The summed E-state index contributed by atoms with van der Waals surface area (Å²) in [5, 5.41) is 2.94. The summed E-state index contributed by atoms with van der Waals surface area (Å²) in [5.74, 6) is 0.383. The van der Waals surface area contributed by atoms with E-state index in [9.17, 15) is 9.59 Å². The van der Waals surface area contributed by atoms with Gasteiger partial charge in [-0.2, -0.15) is 0 Å². The number of ether oxygens (including phenoxy) is 1. The highest BCUT2D eigenvalue weighted by Crippen LogP contribution is 2.21. The van der Waals surface area contributed by atoms with Crippen LogP contribution < -0.4 is 10.1 Å². The highest BCUT2D eigenvalue weighted by Gasteiger charge is 2.29. The number of amides is 2. The van der Waals surface area contributed by atoms with Crippen LogP contribution in [0.5, 0.6) is 5.75 Å². The van der Waals surface area contributed by atoms with Crippen molar-refractivity contribution >= 4 is 11.8 Å². The highest BCUT2D eigenvalue weighted by molar-refractivity contribution is 5.88. The fourth-order valence-electron chi connectivity index (χ4n) is 3.36. The fraction of sp³-hybridized carbons (Fsp3) is 0.440. The second-order valence-electron chi connectivity index (χ2n) is 7.65. The van der Waals surface area contributed by atoms with Gasteiger partial charge in [0.25, 0.3) is 5.91 Å². The van der Waals surface area contributed by atoms with Crippen LogP contribution in [0, 0.1) is 20.8 Å². The molecule has 5 heteroatoms. The number of aryl methyl sites for hydroxylation is 2. The second-order valence-corrected chi connectivity index (χ2v) is 7.65. The summed E-state index contributed by atoms with van der Waals surface area (Å²) in [6, 6.07) is 13.2. The largest absolute Gasteiger partial charge is 0.483 e. The second kappa shape index (κ2) is 11.4. The molecule has 2 aromatic carbocycles. The maximum absolute atomic E-state index is 13.2. The molecule has 0 fully saturated rings. The van der Waals surface area contributed by atoms with Crippen LogP contribution in [-0.4, -0.2) is 35.9 Å². The van der Waals surface area contributed by atoms with E-state index in [-0.39, 0.29) is 18.4 Å². The van der Waals surface area contributed by atoms with E-state index in [0.29, 0.717) is 25.3 Å². The van der Waals surface area contributed by atoms with Gasteiger partial charge in [0, 0.05) is 13.1 Å². The van der Waals surface area contributed by atoms with Crippen molar-refractivity contribution in [3.05, 3.63) is 64.7 Å². The average Bonchev–Trinajstić information content (AvgIpc) is 2.74. The molecule has 0 heterocycles. The lowest BCUT2D eigenvalue weighted by atomic mass is 10.1. The van der Waals surface area contributed by atoms with Gasteiger partial charge in [0.05, 0.1) is 0 Å². The number of carbonyl (C=O) groups is 2. The molecule has 0 unspecified atom stereocenters. The molecular weight excluding hydrogens is 376 g/mol. The summed E-state index contributed by atoms with van der Waals surface area (Å²) in [6.45, 7) is 10.8. The Morgan fingerprint density at radius 3 is 2.37 bits per heavy atom. The van der Waals surface area contributed by atoms with Crippen LogP contribution >= 0.6 is 0 Å². The van der Waals surface area contributed by atoms with Crippen molar-refractivity contribution in [1.82, 2.24) is 10.2 Å². The van der Waals surface area contributed by atoms with Gasteiger partial charge in [0.1, 0.15) is 11.8 Å². The molecule has 2 amide bonds. The molecule has 1 atom stereocenters. The minimum atomic E-state index is -0.536. The van der Waals surface area contributed by atoms with Crippen molar-refractivity contribution in [3.8, 4) is 5.75 Å². The Morgan fingerprint density at radius 2 is 1.70 bits per heavy atom. The van der Waals surface area contributed by atoms with Gasteiger partial charge in [-0.3, -0.25) is 9.59 Å². The number of rotatable bonds is 10. The standard InChI is InChI=1S/C25H34N2O3/c1-6-15-26-25(29)22(7-2)27(16-21-13-9-8-11-19(21)4)24(28)17-30-23-14-10-12-18(3)20(23)5/h8-14,22H,6-7,15-17H2,1-5H3,(H,26,29)/t22-/m0/s1. The predicted molar refractivity (Wildman–Crippen MR) is 121 cm³/mol. The SMILES string of the molecule is CCCNC(=O)[C@H](CC)N(Cc1ccccc1C)C(=O)COc1cccc(C)c1C. The van der Waals surface area contributed by atoms with Crippen molar-refractivity contribution in [1.29, 1.82) is 0 Å². The van der Waals surface area contributed by atoms with Crippen LogP contribution in [0.2, 0.25) is 0 Å². The monoisotopic (exact) mass is 410 g/mol. The molecule has 2 aromatic rings. The number of nitrogens with one attached hydrogen (secondary N) is 1. The first-order valence-corrected chi connectivity index (χ1v) is 10.7. The molecule has 0 saturated heterocycles. The van der Waals surface area contributed by atoms with Gasteiger partial charge in [0.2, 0.25) is 5.91 Å². The quantitative estimate of drug-likeness (QED) is 0.634. The third kappa shape index (κ3) is 6.09. The number of nitrogens with zero attached hydrogens (tertiary/aromatic N) is 1. The molecule has 162 valence electrons. The molecule has 0 aliphatic rings. The molecule has 1 N–H and O–H groups in total. The molecule has 5 nitrogen and oxygen atoms in total. The number of hydrogen-bond acceptors (Lipinski definition) is 3. The predicted octanol–water partition coefficient (Wildman–Crippen LogP) is 4.32. The topological polar surface area (TPSA) is 58.6 Å². The maximum atomic E-state index is 13.2. The molecular formula is C25H34N2O3. The first kappa shape index (κ1) is 23.5. The summed E-state index contributed by atoms with van der Waals surface area (Å²) >= 11 is 0. The summed E-state index contributed by atoms with van der Waals surface area (Å²) in [7, 11) is 0. The summed E-state index contributed by atoms with van der Waals surface area (Å²) in [4.78, 5) is 27.7. The lowest BCUT2D eigenvalue weighted by Crippen LogP contribution is -2.50. The van der Waals surface area contributed by atoms with Crippen molar-refractivity contribution in [2.45, 2.75) is 60.0 Å². The molecule has 0 aromatic heterocycles. The molecule has 0 spiro atoms. The third-order valence-electron chi connectivity index (χ3n) is 5.44.